The minimum absolute atomic E-state index is 0.275. The van der Waals surface area contributed by atoms with Crippen molar-refractivity contribution in [2.24, 2.45) is 0 Å². The molecule has 1 unspecified atom stereocenters. The average molecular weight is 430 g/mol. The van der Waals surface area contributed by atoms with E-state index in [9.17, 15) is 4.79 Å². The van der Waals surface area contributed by atoms with Gasteiger partial charge in [0.2, 0.25) is 0 Å². The third kappa shape index (κ3) is 4.25. The average Bonchev–Trinajstić information content (AvgIpc) is 2.97. The Balaban J connectivity index is 1.31. The van der Waals surface area contributed by atoms with Crippen LogP contribution in [0.3, 0.4) is 0 Å². The minimum atomic E-state index is -0.301. The number of hydrogen-bond acceptors (Lipinski definition) is 4. The van der Waals surface area contributed by atoms with Crippen molar-refractivity contribution in [2.75, 3.05) is 0 Å². The van der Waals surface area contributed by atoms with Gasteiger partial charge < -0.3 is 9.47 Å². The third-order valence-electron chi connectivity index (χ3n) is 5.49. The Kier molecular flexibility index (Phi) is 5.31. The molecule has 31 heavy (non-hydrogen) atoms. The Morgan fingerprint density at radius 2 is 1.87 bits per heavy atom. The number of benzene rings is 3. The Morgan fingerprint density at radius 1 is 1.00 bits per heavy atom. The molecular formula is C26H20ClNO3. The number of carbonyl (C=O) groups is 1. The van der Waals surface area contributed by atoms with Gasteiger partial charge in [-0.2, -0.15) is 0 Å². The van der Waals surface area contributed by atoms with Crippen LogP contribution in [-0.2, 0) is 17.8 Å². The highest BCUT2D eigenvalue weighted by Crippen LogP contribution is 2.31. The molecule has 1 aliphatic rings. The predicted molar refractivity (Wildman–Crippen MR) is 120 cm³/mol. The SMILES string of the molecule is O=C1OC(c2cccc(OCc3ccc4ccc(Cl)cc4n3)c2)CCc2ccccc21. The Hall–Kier alpha value is -3.37. The molecule has 3 aromatic carbocycles. The smallest absolute Gasteiger partial charge is 0.339 e. The summed E-state index contributed by atoms with van der Waals surface area (Å²) in [5, 5.41) is 1.69. The van der Waals surface area contributed by atoms with Crippen LogP contribution in [0.2, 0.25) is 5.02 Å². The van der Waals surface area contributed by atoms with Crippen LogP contribution in [0.15, 0.2) is 78.9 Å². The van der Waals surface area contributed by atoms with Crippen molar-refractivity contribution in [3.8, 4) is 5.75 Å². The number of nitrogens with zero attached hydrogens (tertiary/aromatic N) is 1. The van der Waals surface area contributed by atoms with E-state index in [1.54, 1.807) is 0 Å². The highest BCUT2D eigenvalue weighted by atomic mass is 35.5. The summed E-state index contributed by atoms with van der Waals surface area (Å²) in [6.45, 7) is 0.335. The number of pyridine rings is 1. The van der Waals surface area contributed by atoms with Crippen LogP contribution in [0.25, 0.3) is 10.9 Å². The summed E-state index contributed by atoms with van der Waals surface area (Å²) >= 11 is 6.08. The fourth-order valence-corrected chi connectivity index (χ4v) is 4.05. The highest BCUT2D eigenvalue weighted by molar-refractivity contribution is 6.31. The molecule has 0 spiro atoms. The number of aromatic nitrogens is 1. The molecule has 0 saturated carbocycles. The van der Waals surface area contributed by atoms with Gasteiger partial charge in [-0.15, -0.1) is 0 Å². The summed E-state index contributed by atoms with van der Waals surface area (Å²) in [6, 6.07) is 25.0. The largest absolute Gasteiger partial charge is 0.487 e. The maximum Gasteiger partial charge on any atom is 0.339 e. The Bertz CT molecular complexity index is 1270. The molecule has 0 fully saturated rings. The highest BCUT2D eigenvalue weighted by Gasteiger charge is 2.24. The first kappa shape index (κ1) is 19.6. The van der Waals surface area contributed by atoms with E-state index in [1.165, 1.54) is 0 Å². The predicted octanol–water partition coefficient (Wildman–Crippen LogP) is 6.31. The van der Waals surface area contributed by atoms with Crippen LogP contribution in [0, 0.1) is 0 Å². The monoisotopic (exact) mass is 429 g/mol. The first-order valence-electron chi connectivity index (χ1n) is 10.2. The molecule has 4 aromatic rings. The maximum absolute atomic E-state index is 12.5. The zero-order valence-electron chi connectivity index (χ0n) is 16.8. The quantitative estimate of drug-likeness (QED) is 0.356. The Morgan fingerprint density at radius 3 is 2.81 bits per heavy atom. The lowest BCUT2D eigenvalue weighted by Gasteiger charge is -2.16. The van der Waals surface area contributed by atoms with E-state index in [1.807, 2.05) is 78.9 Å². The van der Waals surface area contributed by atoms with Gasteiger partial charge in [0.15, 0.2) is 0 Å². The molecule has 0 radical (unpaired) electrons. The zero-order valence-corrected chi connectivity index (χ0v) is 17.5. The summed E-state index contributed by atoms with van der Waals surface area (Å²) in [4.78, 5) is 17.2. The molecule has 0 amide bonds. The van der Waals surface area contributed by atoms with Crippen molar-refractivity contribution in [1.29, 1.82) is 0 Å². The van der Waals surface area contributed by atoms with Crippen molar-refractivity contribution >= 4 is 28.5 Å². The van der Waals surface area contributed by atoms with E-state index >= 15 is 0 Å². The molecule has 1 aliphatic heterocycles. The molecule has 1 aromatic heterocycles. The molecule has 0 bridgehead atoms. The van der Waals surface area contributed by atoms with Crippen LogP contribution in [0.1, 0.15) is 39.7 Å². The number of esters is 1. The van der Waals surface area contributed by atoms with Crippen LogP contribution < -0.4 is 4.74 Å². The second-order valence-electron chi connectivity index (χ2n) is 7.59. The Labute approximate surface area is 185 Å². The van der Waals surface area contributed by atoms with Gasteiger partial charge in [0, 0.05) is 10.4 Å². The normalized spacial score (nSPS) is 15.8. The van der Waals surface area contributed by atoms with Crippen LogP contribution in [0.5, 0.6) is 5.75 Å². The molecule has 154 valence electrons. The number of fused-ring (bicyclic) bond motifs is 2. The third-order valence-corrected chi connectivity index (χ3v) is 5.73. The van der Waals surface area contributed by atoms with Gasteiger partial charge in [0.1, 0.15) is 18.5 Å². The second-order valence-corrected chi connectivity index (χ2v) is 8.03. The second kappa shape index (κ2) is 8.40. The van der Waals surface area contributed by atoms with Gasteiger partial charge in [-0.25, -0.2) is 9.78 Å². The molecule has 5 rings (SSSR count). The van der Waals surface area contributed by atoms with E-state index in [0.717, 1.165) is 40.6 Å². The number of aryl methyl sites for hydroxylation is 1. The van der Waals surface area contributed by atoms with Crippen molar-refractivity contribution in [1.82, 2.24) is 4.98 Å². The number of carbonyl (C=O) groups excluding carboxylic acids is 1. The van der Waals surface area contributed by atoms with E-state index in [4.69, 9.17) is 21.1 Å². The number of cyclic esters (lactones) is 1. The van der Waals surface area contributed by atoms with Gasteiger partial charge in [-0.05, 0) is 60.4 Å². The number of rotatable bonds is 4. The van der Waals surface area contributed by atoms with Crippen LogP contribution >= 0.6 is 11.6 Å². The summed E-state index contributed by atoms with van der Waals surface area (Å²) < 4.78 is 11.8. The lowest BCUT2D eigenvalue weighted by molar-refractivity contribution is 0.0297. The lowest BCUT2D eigenvalue weighted by Crippen LogP contribution is -2.09. The van der Waals surface area contributed by atoms with Crippen molar-refractivity contribution in [2.45, 2.75) is 25.6 Å². The van der Waals surface area contributed by atoms with Gasteiger partial charge in [0.05, 0.1) is 16.8 Å². The van der Waals surface area contributed by atoms with Crippen molar-refractivity contribution in [3.05, 3.63) is 106 Å². The van der Waals surface area contributed by atoms with Crippen LogP contribution in [0.4, 0.5) is 0 Å². The molecule has 1 atom stereocenters. The van der Waals surface area contributed by atoms with Crippen molar-refractivity contribution in [3.63, 3.8) is 0 Å². The van der Waals surface area contributed by atoms with Crippen LogP contribution in [-0.4, -0.2) is 11.0 Å². The van der Waals surface area contributed by atoms with Gasteiger partial charge in [0.25, 0.3) is 0 Å². The molecule has 4 nitrogen and oxygen atoms in total. The molecule has 0 saturated heterocycles. The molecular weight excluding hydrogens is 410 g/mol. The summed E-state index contributed by atoms with van der Waals surface area (Å²) in [5.41, 5.74) is 4.27. The van der Waals surface area contributed by atoms with Crippen molar-refractivity contribution < 1.29 is 14.3 Å². The number of hydrogen-bond donors (Lipinski definition) is 0. The molecule has 0 N–H and O–H groups in total. The summed E-state index contributed by atoms with van der Waals surface area (Å²) in [7, 11) is 0. The molecule has 2 heterocycles. The van der Waals surface area contributed by atoms with E-state index < -0.39 is 0 Å². The standard InChI is InChI=1S/C26H20ClNO3/c27-20-11-8-18-9-12-21(28-24(18)15-20)16-30-22-6-3-5-19(14-22)25-13-10-17-4-1-2-7-23(17)26(29)31-25/h1-9,11-12,14-15,25H,10,13,16H2. The lowest BCUT2D eigenvalue weighted by atomic mass is 10.00. The van der Waals surface area contributed by atoms with Gasteiger partial charge >= 0.3 is 5.97 Å². The topological polar surface area (TPSA) is 48.4 Å². The number of halogens is 1. The van der Waals surface area contributed by atoms with Gasteiger partial charge in [-0.1, -0.05) is 54.1 Å². The first-order chi connectivity index (χ1) is 15.2. The number of ether oxygens (including phenoxy) is 2. The first-order valence-corrected chi connectivity index (χ1v) is 10.6. The fraction of sp³-hybridized carbons (Fsp3) is 0.154. The molecule has 0 aliphatic carbocycles. The zero-order chi connectivity index (χ0) is 21.2. The summed E-state index contributed by atoms with van der Waals surface area (Å²) in [5.74, 6) is 0.437. The molecule has 5 heteroatoms. The summed E-state index contributed by atoms with van der Waals surface area (Å²) in [6.07, 6.45) is 1.23. The van der Waals surface area contributed by atoms with E-state index in [2.05, 4.69) is 4.98 Å². The minimum Gasteiger partial charge on any atom is -0.487 e. The maximum atomic E-state index is 12.5. The fourth-order valence-electron chi connectivity index (χ4n) is 3.89. The van der Waals surface area contributed by atoms with E-state index in [0.29, 0.717) is 22.9 Å². The van der Waals surface area contributed by atoms with E-state index in [-0.39, 0.29) is 12.1 Å². The van der Waals surface area contributed by atoms with Gasteiger partial charge in [-0.3, -0.25) is 0 Å².